The maximum absolute atomic E-state index is 12.4. The molecular formula is C24H22ClN3O5. The quantitative estimate of drug-likeness (QED) is 0.460. The second-order valence-corrected chi connectivity index (χ2v) is 7.29. The van der Waals surface area contributed by atoms with Gasteiger partial charge in [-0.1, -0.05) is 29.8 Å². The van der Waals surface area contributed by atoms with Gasteiger partial charge in [0.05, 0.1) is 31.2 Å². The molecule has 3 aromatic rings. The number of carbonyl (C=O) groups excluding carboxylic acids is 3. The van der Waals surface area contributed by atoms with Crippen LogP contribution in [0.2, 0.25) is 5.02 Å². The van der Waals surface area contributed by atoms with Crippen LogP contribution < -0.4 is 25.6 Å². The van der Waals surface area contributed by atoms with Gasteiger partial charge in [0.15, 0.2) is 11.5 Å². The van der Waals surface area contributed by atoms with Crippen LogP contribution in [0, 0.1) is 0 Å². The Hall–Kier alpha value is -4.04. The first-order valence-corrected chi connectivity index (χ1v) is 10.2. The number of rotatable bonds is 7. The zero-order valence-electron chi connectivity index (χ0n) is 18.0. The van der Waals surface area contributed by atoms with Gasteiger partial charge < -0.3 is 14.8 Å². The SMILES string of the molecule is COc1ccc(CC(=O)Nc2ccc(C(=O)NNC(=O)c3ccccc3Cl)cc2)cc1OC. The molecule has 3 N–H and O–H groups in total. The summed E-state index contributed by atoms with van der Waals surface area (Å²) in [6.45, 7) is 0. The summed E-state index contributed by atoms with van der Waals surface area (Å²) < 4.78 is 10.4. The molecule has 0 aromatic heterocycles. The number of hydrazine groups is 1. The summed E-state index contributed by atoms with van der Waals surface area (Å²) in [5.74, 6) is -0.156. The standard InChI is InChI=1S/C24H22ClN3O5/c1-32-20-12-7-15(13-21(20)33-2)14-22(29)26-17-10-8-16(9-11-17)23(30)27-28-24(31)18-5-3-4-6-19(18)25/h3-13H,14H2,1-2H3,(H,26,29)(H,27,30)(H,28,31). The van der Waals surface area contributed by atoms with Crippen LogP contribution in [-0.4, -0.2) is 31.9 Å². The van der Waals surface area contributed by atoms with E-state index in [4.69, 9.17) is 21.1 Å². The number of amides is 3. The summed E-state index contributed by atoms with van der Waals surface area (Å²) in [6, 6.07) is 18.0. The third-order valence-corrected chi connectivity index (χ3v) is 4.98. The number of nitrogens with one attached hydrogen (secondary N) is 3. The van der Waals surface area contributed by atoms with Crippen molar-refractivity contribution in [1.82, 2.24) is 10.9 Å². The Morgan fingerprint density at radius 1 is 0.818 bits per heavy atom. The molecule has 0 heterocycles. The van der Waals surface area contributed by atoms with E-state index < -0.39 is 11.8 Å². The average molecular weight is 468 g/mol. The Balaban J connectivity index is 1.54. The largest absolute Gasteiger partial charge is 0.493 e. The van der Waals surface area contributed by atoms with Crippen LogP contribution in [0.3, 0.4) is 0 Å². The number of hydrogen-bond acceptors (Lipinski definition) is 5. The topological polar surface area (TPSA) is 106 Å². The molecule has 8 nitrogen and oxygen atoms in total. The van der Waals surface area contributed by atoms with Crippen LogP contribution in [-0.2, 0) is 11.2 Å². The van der Waals surface area contributed by atoms with Crippen molar-refractivity contribution in [2.75, 3.05) is 19.5 Å². The van der Waals surface area contributed by atoms with Gasteiger partial charge >= 0.3 is 0 Å². The van der Waals surface area contributed by atoms with Crippen molar-refractivity contribution >= 4 is 35.0 Å². The molecule has 0 aliphatic carbocycles. The van der Waals surface area contributed by atoms with Gasteiger partial charge in [-0.15, -0.1) is 0 Å². The minimum absolute atomic E-state index is 0.136. The van der Waals surface area contributed by atoms with Crippen LogP contribution in [0.5, 0.6) is 11.5 Å². The number of hydrogen-bond donors (Lipinski definition) is 3. The van der Waals surface area contributed by atoms with Gasteiger partial charge in [0, 0.05) is 11.3 Å². The van der Waals surface area contributed by atoms with E-state index >= 15 is 0 Å². The summed E-state index contributed by atoms with van der Waals surface area (Å²) in [5.41, 5.74) is 6.47. The van der Waals surface area contributed by atoms with Crippen molar-refractivity contribution in [3.8, 4) is 11.5 Å². The maximum Gasteiger partial charge on any atom is 0.271 e. The van der Waals surface area contributed by atoms with E-state index in [2.05, 4.69) is 16.2 Å². The van der Waals surface area contributed by atoms with E-state index in [0.29, 0.717) is 22.7 Å². The van der Waals surface area contributed by atoms with E-state index in [1.807, 2.05) is 0 Å². The van der Waals surface area contributed by atoms with Crippen molar-refractivity contribution in [3.05, 3.63) is 88.4 Å². The van der Waals surface area contributed by atoms with Gasteiger partial charge in [0.2, 0.25) is 5.91 Å². The van der Waals surface area contributed by atoms with E-state index in [1.54, 1.807) is 61.7 Å². The van der Waals surface area contributed by atoms with Gasteiger partial charge in [-0.25, -0.2) is 0 Å². The highest BCUT2D eigenvalue weighted by Gasteiger charge is 2.12. The van der Waals surface area contributed by atoms with Crippen LogP contribution >= 0.6 is 11.6 Å². The molecule has 0 bridgehead atoms. The van der Waals surface area contributed by atoms with Crippen molar-refractivity contribution in [3.63, 3.8) is 0 Å². The molecule has 3 amide bonds. The van der Waals surface area contributed by atoms with E-state index in [-0.39, 0.29) is 22.9 Å². The molecule has 0 atom stereocenters. The van der Waals surface area contributed by atoms with Gasteiger partial charge in [-0.05, 0) is 54.1 Å². The Morgan fingerprint density at radius 3 is 2.15 bits per heavy atom. The average Bonchev–Trinajstić information content (AvgIpc) is 2.82. The molecule has 0 aliphatic rings. The summed E-state index contributed by atoms with van der Waals surface area (Å²) in [7, 11) is 3.07. The first-order chi connectivity index (χ1) is 15.9. The van der Waals surface area contributed by atoms with Crippen molar-refractivity contribution in [2.24, 2.45) is 0 Å². The molecule has 0 unspecified atom stereocenters. The van der Waals surface area contributed by atoms with Crippen LogP contribution in [0.15, 0.2) is 66.7 Å². The molecule has 33 heavy (non-hydrogen) atoms. The second kappa shape index (κ2) is 11.0. The number of carbonyl (C=O) groups is 3. The molecular weight excluding hydrogens is 446 g/mol. The van der Waals surface area contributed by atoms with Gasteiger partial charge in [-0.2, -0.15) is 0 Å². The number of halogens is 1. The molecule has 0 radical (unpaired) electrons. The summed E-state index contributed by atoms with van der Waals surface area (Å²) >= 11 is 5.97. The molecule has 170 valence electrons. The lowest BCUT2D eigenvalue weighted by Gasteiger charge is -2.11. The zero-order chi connectivity index (χ0) is 23.8. The summed E-state index contributed by atoms with van der Waals surface area (Å²) in [4.78, 5) is 36.8. The number of benzene rings is 3. The predicted molar refractivity (Wildman–Crippen MR) is 125 cm³/mol. The molecule has 0 aliphatic heterocycles. The highest BCUT2D eigenvalue weighted by Crippen LogP contribution is 2.27. The molecule has 0 spiro atoms. The fourth-order valence-corrected chi connectivity index (χ4v) is 3.21. The van der Waals surface area contributed by atoms with E-state index in [1.165, 1.54) is 19.2 Å². The molecule has 3 rings (SSSR count). The van der Waals surface area contributed by atoms with Gasteiger partial charge in [-0.3, -0.25) is 25.2 Å². The third-order valence-electron chi connectivity index (χ3n) is 4.65. The van der Waals surface area contributed by atoms with E-state index in [9.17, 15) is 14.4 Å². The van der Waals surface area contributed by atoms with Gasteiger partial charge in [0.25, 0.3) is 11.8 Å². The zero-order valence-corrected chi connectivity index (χ0v) is 18.7. The van der Waals surface area contributed by atoms with Gasteiger partial charge in [0.1, 0.15) is 0 Å². The number of methoxy groups -OCH3 is 2. The molecule has 3 aromatic carbocycles. The molecule has 9 heteroatoms. The minimum atomic E-state index is -0.534. The fourth-order valence-electron chi connectivity index (χ4n) is 2.98. The Kier molecular flexibility index (Phi) is 7.88. The highest BCUT2D eigenvalue weighted by molar-refractivity contribution is 6.33. The first-order valence-electron chi connectivity index (χ1n) is 9.87. The van der Waals surface area contributed by atoms with Crippen LogP contribution in [0.1, 0.15) is 26.3 Å². The van der Waals surface area contributed by atoms with Crippen molar-refractivity contribution < 1.29 is 23.9 Å². The number of anilines is 1. The Bertz CT molecular complexity index is 1170. The summed E-state index contributed by atoms with van der Waals surface area (Å²) in [6.07, 6.45) is 0.136. The third kappa shape index (κ3) is 6.24. The van der Waals surface area contributed by atoms with Crippen molar-refractivity contribution in [2.45, 2.75) is 6.42 Å². The van der Waals surface area contributed by atoms with Crippen LogP contribution in [0.4, 0.5) is 5.69 Å². The maximum atomic E-state index is 12.4. The molecule has 0 saturated carbocycles. The lowest BCUT2D eigenvalue weighted by molar-refractivity contribution is -0.115. The molecule has 0 saturated heterocycles. The lowest BCUT2D eigenvalue weighted by atomic mass is 10.1. The van der Waals surface area contributed by atoms with Crippen LogP contribution in [0.25, 0.3) is 0 Å². The fraction of sp³-hybridized carbons (Fsp3) is 0.125. The lowest BCUT2D eigenvalue weighted by Crippen LogP contribution is -2.41. The Labute approximate surface area is 195 Å². The predicted octanol–water partition coefficient (Wildman–Crippen LogP) is 3.61. The van der Waals surface area contributed by atoms with Crippen molar-refractivity contribution in [1.29, 1.82) is 0 Å². The minimum Gasteiger partial charge on any atom is -0.493 e. The molecule has 0 fully saturated rings. The first kappa shape index (κ1) is 23.6. The normalized spacial score (nSPS) is 10.2. The van der Waals surface area contributed by atoms with E-state index in [0.717, 1.165) is 5.56 Å². The Morgan fingerprint density at radius 2 is 1.48 bits per heavy atom. The summed E-state index contributed by atoms with van der Waals surface area (Å²) in [5, 5.41) is 3.05. The monoisotopic (exact) mass is 467 g/mol. The smallest absolute Gasteiger partial charge is 0.271 e. The second-order valence-electron chi connectivity index (χ2n) is 6.88. The highest BCUT2D eigenvalue weighted by atomic mass is 35.5. The number of ether oxygens (including phenoxy) is 2.